The summed E-state index contributed by atoms with van der Waals surface area (Å²) < 4.78 is 42.7. The largest absolute Gasteiger partial charge is 0.481 e. The van der Waals surface area contributed by atoms with Crippen molar-refractivity contribution in [3.8, 4) is 6.07 Å². The van der Waals surface area contributed by atoms with E-state index in [0.717, 1.165) is 68.6 Å². The first-order valence-electron chi connectivity index (χ1n) is 15.0. The summed E-state index contributed by atoms with van der Waals surface area (Å²) in [6.45, 7) is 4.32. The van der Waals surface area contributed by atoms with Crippen LogP contribution >= 0.6 is 12.4 Å². The highest BCUT2D eigenvalue weighted by atomic mass is 35.5. The molecule has 2 aliphatic carbocycles. The fourth-order valence-electron chi connectivity index (χ4n) is 6.61. The average Bonchev–Trinajstić information content (AvgIpc) is 3.63. The Bertz CT molecular complexity index is 1510. The number of aryl methyl sites for hydroxylation is 3. The fourth-order valence-corrected chi connectivity index (χ4v) is 6.61. The number of nitriles is 1. The first-order valence-corrected chi connectivity index (χ1v) is 15.0. The van der Waals surface area contributed by atoms with Crippen LogP contribution in [0.25, 0.3) is 0 Å². The molecule has 2 aromatic carbocycles. The second-order valence-corrected chi connectivity index (χ2v) is 11.9. The molecule has 3 aromatic rings. The molecule has 0 aliphatic heterocycles. The Balaban J connectivity index is 0.00000442. The predicted molar refractivity (Wildman–Crippen MR) is 166 cm³/mol. The molecule has 5 rings (SSSR count). The molecular weight excluding hydrogens is 591 g/mol. The minimum atomic E-state index is -4.56. The Morgan fingerprint density at radius 1 is 1.07 bits per heavy atom. The number of hydrogen-bond acceptors (Lipinski definition) is 5. The van der Waals surface area contributed by atoms with Gasteiger partial charge in [0, 0.05) is 51.2 Å². The van der Waals surface area contributed by atoms with E-state index in [-0.39, 0.29) is 30.4 Å². The number of fused-ring (bicyclic) bond motifs is 1. The Hall–Kier alpha value is -3.71. The Morgan fingerprint density at radius 3 is 2.36 bits per heavy atom. The normalized spacial score (nSPS) is 17.8. The number of aliphatic carboxylic acids is 1. The van der Waals surface area contributed by atoms with Crippen LogP contribution in [0.2, 0.25) is 0 Å². The molecule has 0 unspecified atom stereocenters. The molecule has 1 fully saturated rings. The van der Waals surface area contributed by atoms with Gasteiger partial charge in [-0.1, -0.05) is 6.07 Å². The molecule has 236 valence electrons. The van der Waals surface area contributed by atoms with Gasteiger partial charge in [-0.15, -0.1) is 12.4 Å². The van der Waals surface area contributed by atoms with E-state index in [1.54, 1.807) is 11.7 Å². The van der Waals surface area contributed by atoms with Crippen molar-refractivity contribution in [3.05, 3.63) is 76.0 Å². The molecule has 0 spiro atoms. The second-order valence-electron chi connectivity index (χ2n) is 11.9. The summed E-state index contributed by atoms with van der Waals surface area (Å²) in [6.07, 6.45) is 3.52. The predicted octanol–water partition coefficient (Wildman–Crippen LogP) is 7.15. The topological polar surface area (TPSA) is 85.4 Å². The number of halogens is 4. The van der Waals surface area contributed by atoms with Crippen molar-refractivity contribution in [2.24, 2.45) is 18.9 Å². The first-order chi connectivity index (χ1) is 20.5. The lowest BCUT2D eigenvalue weighted by Gasteiger charge is -2.34. The third-order valence-corrected chi connectivity index (χ3v) is 8.90. The number of carboxylic acids is 1. The van der Waals surface area contributed by atoms with Crippen molar-refractivity contribution in [3.63, 3.8) is 0 Å². The molecule has 7 nitrogen and oxygen atoms in total. The maximum atomic E-state index is 13.7. The minimum Gasteiger partial charge on any atom is -0.481 e. The number of alkyl halides is 3. The van der Waals surface area contributed by atoms with Crippen molar-refractivity contribution < 1.29 is 23.1 Å². The molecule has 2 aliphatic rings. The van der Waals surface area contributed by atoms with Gasteiger partial charge in [-0.25, -0.2) is 0 Å². The molecule has 11 heteroatoms. The van der Waals surface area contributed by atoms with Gasteiger partial charge in [0.15, 0.2) is 5.82 Å². The number of hydrogen-bond donors (Lipinski definition) is 1. The van der Waals surface area contributed by atoms with Gasteiger partial charge in [0.05, 0.1) is 23.1 Å². The number of benzene rings is 2. The molecule has 0 atom stereocenters. The summed E-state index contributed by atoms with van der Waals surface area (Å²) in [5.74, 6) is 0.0770. The SMILES string of the molecule is CCN(C[C@H]1CC[C@H](C(=O)O)CC1)c1cc2c(cc1CN(Cc1cc(C#N)cc(C(F)(F)F)c1)c1ccn(C)n1)CCC2.Cl. The molecular formula is C33H39ClF3N5O2. The van der Waals surface area contributed by atoms with Crippen LogP contribution in [0, 0.1) is 23.2 Å². The molecule has 0 radical (unpaired) electrons. The minimum absolute atomic E-state index is 0. The highest BCUT2D eigenvalue weighted by Gasteiger charge is 2.32. The van der Waals surface area contributed by atoms with E-state index in [2.05, 4.69) is 29.1 Å². The van der Waals surface area contributed by atoms with Crippen LogP contribution in [-0.4, -0.2) is 33.9 Å². The van der Waals surface area contributed by atoms with Crippen LogP contribution in [-0.2, 0) is 43.9 Å². The summed E-state index contributed by atoms with van der Waals surface area (Å²) in [5, 5.41) is 23.5. The van der Waals surface area contributed by atoms with Crippen LogP contribution in [0.4, 0.5) is 24.7 Å². The molecule has 0 saturated heterocycles. The van der Waals surface area contributed by atoms with Gasteiger partial charge in [-0.2, -0.15) is 23.5 Å². The fraction of sp³-hybridized carbons (Fsp3) is 0.485. The van der Waals surface area contributed by atoms with E-state index in [1.807, 2.05) is 23.2 Å². The lowest BCUT2D eigenvalue weighted by Crippen LogP contribution is -2.34. The Labute approximate surface area is 262 Å². The number of anilines is 2. The van der Waals surface area contributed by atoms with Gasteiger partial charge < -0.3 is 14.9 Å². The lowest BCUT2D eigenvalue weighted by molar-refractivity contribution is -0.143. The Kier molecular flexibility index (Phi) is 10.5. The van der Waals surface area contributed by atoms with Crippen LogP contribution in [0.1, 0.15) is 72.4 Å². The molecule has 1 heterocycles. The van der Waals surface area contributed by atoms with E-state index in [1.165, 1.54) is 17.2 Å². The molecule has 0 bridgehead atoms. The van der Waals surface area contributed by atoms with Gasteiger partial charge in [-0.05, 0) is 104 Å². The van der Waals surface area contributed by atoms with Crippen molar-refractivity contribution >= 4 is 29.9 Å². The van der Waals surface area contributed by atoms with E-state index in [9.17, 15) is 28.3 Å². The van der Waals surface area contributed by atoms with E-state index in [4.69, 9.17) is 0 Å². The first kappa shape index (κ1) is 33.2. The molecule has 1 saturated carbocycles. The average molecular weight is 630 g/mol. The van der Waals surface area contributed by atoms with Crippen LogP contribution in [0.15, 0.2) is 42.6 Å². The van der Waals surface area contributed by atoms with Gasteiger partial charge in [0.25, 0.3) is 0 Å². The zero-order chi connectivity index (χ0) is 30.7. The number of aromatic nitrogens is 2. The van der Waals surface area contributed by atoms with E-state index >= 15 is 0 Å². The maximum Gasteiger partial charge on any atom is 0.416 e. The summed E-state index contributed by atoms with van der Waals surface area (Å²) in [4.78, 5) is 15.8. The second kappa shape index (κ2) is 13.9. The third kappa shape index (κ3) is 7.68. The molecule has 1 N–H and O–H groups in total. The van der Waals surface area contributed by atoms with Gasteiger partial charge in [0.1, 0.15) is 0 Å². The molecule has 1 aromatic heterocycles. The monoisotopic (exact) mass is 629 g/mol. The third-order valence-electron chi connectivity index (χ3n) is 8.90. The number of carboxylic acid groups (broad SMARTS) is 1. The van der Waals surface area contributed by atoms with Gasteiger partial charge in [0.2, 0.25) is 0 Å². The van der Waals surface area contributed by atoms with Crippen molar-refractivity contribution in [2.45, 2.75) is 71.1 Å². The zero-order valence-electron chi connectivity index (χ0n) is 25.1. The summed E-state index contributed by atoms with van der Waals surface area (Å²) in [7, 11) is 1.80. The van der Waals surface area contributed by atoms with E-state index in [0.29, 0.717) is 36.7 Å². The van der Waals surface area contributed by atoms with E-state index < -0.39 is 17.7 Å². The van der Waals surface area contributed by atoms with Crippen molar-refractivity contribution in [1.29, 1.82) is 5.26 Å². The maximum absolute atomic E-state index is 13.7. The number of rotatable bonds is 10. The van der Waals surface area contributed by atoms with Gasteiger partial charge in [-0.3, -0.25) is 9.48 Å². The standard InChI is InChI=1S/C33H38F3N5O2.ClH/c1-3-40(19-22-7-9-25(10-8-22)32(42)43)30-17-27-6-4-5-26(27)16-28(30)21-41(31-11-12-39(2)38-31)20-24-13-23(18-37)14-29(15-24)33(34,35)36;/h11-17,22,25H,3-10,19-21H2,1-2H3,(H,42,43);1H/t22-,25-;. The summed E-state index contributed by atoms with van der Waals surface area (Å²) >= 11 is 0. The van der Waals surface area contributed by atoms with Gasteiger partial charge >= 0.3 is 12.1 Å². The Morgan fingerprint density at radius 2 is 1.77 bits per heavy atom. The molecule has 0 amide bonds. The van der Waals surface area contributed by atoms with Crippen LogP contribution < -0.4 is 9.80 Å². The smallest absolute Gasteiger partial charge is 0.416 e. The van der Waals surface area contributed by atoms with Crippen molar-refractivity contribution in [1.82, 2.24) is 9.78 Å². The highest BCUT2D eigenvalue weighted by Crippen LogP contribution is 2.36. The number of carbonyl (C=O) groups is 1. The number of nitrogens with zero attached hydrogens (tertiary/aromatic N) is 5. The van der Waals surface area contributed by atoms with Crippen LogP contribution in [0.5, 0.6) is 0 Å². The summed E-state index contributed by atoms with van der Waals surface area (Å²) in [5.41, 5.74) is 4.37. The summed E-state index contributed by atoms with van der Waals surface area (Å²) in [6, 6.07) is 11.8. The quantitative estimate of drug-likeness (QED) is 0.256. The van der Waals surface area contributed by atoms with Crippen molar-refractivity contribution in [2.75, 3.05) is 22.9 Å². The molecule has 44 heavy (non-hydrogen) atoms. The van der Waals surface area contributed by atoms with Crippen LogP contribution in [0.3, 0.4) is 0 Å². The highest BCUT2D eigenvalue weighted by molar-refractivity contribution is 5.85. The zero-order valence-corrected chi connectivity index (χ0v) is 25.9. The lowest BCUT2D eigenvalue weighted by atomic mass is 9.81.